The minimum Gasteiger partial charge on any atom is -0.683 e. The molecule has 8 heteroatoms. The summed E-state index contributed by atoms with van der Waals surface area (Å²) >= 11 is 0. The van der Waals surface area contributed by atoms with Gasteiger partial charge in [0.25, 0.3) is 5.91 Å². The van der Waals surface area contributed by atoms with Crippen molar-refractivity contribution in [2.75, 3.05) is 50.8 Å². The van der Waals surface area contributed by atoms with E-state index in [-0.39, 0.29) is 5.91 Å². The van der Waals surface area contributed by atoms with Gasteiger partial charge >= 0.3 is 6.18 Å². The maximum atomic E-state index is 12.8. The summed E-state index contributed by atoms with van der Waals surface area (Å²) in [5, 5.41) is 4.91. The van der Waals surface area contributed by atoms with E-state index >= 15 is 0 Å². The zero-order valence-corrected chi connectivity index (χ0v) is 20.9. The molecule has 2 aliphatic rings. The van der Waals surface area contributed by atoms with Crippen LogP contribution in [0.4, 0.5) is 24.5 Å². The zero-order chi connectivity index (χ0) is 25.5. The average molecular weight is 503 g/mol. The second-order valence-corrected chi connectivity index (χ2v) is 9.73. The number of morpholine rings is 1. The lowest BCUT2D eigenvalue weighted by molar-refractivity contribution is -0.137. The number of carbonyl (C=O) groups excluding carboxylic acids is 1. The summed E-state index contributed by atoms with van der Waals surface area (Å²) in [5.41, 5.74) is 3.12. The van der Waals surface area contributed by atoms with Crippen LogP contribution in [0.15, 0.2) is 42.5 Å². The van der Waals surface area contributed by atoms with Crippen molar-refractivity contribution in [1.82, 2.24) is 4.90 Å². The first-order valence-corrected chi connectivity index (χ1v) is 12.9. The van der Waals surface area contributed by atoms with Crippen molar-refractivity contribution in [2.24, 2.45) is 5.92 Å². The normalized spacial score (nSPS) is 17.3. The second-order valence-electron chi connectivity index (χ2n) is 9.73. The summed E-state index contributed by atoms with van der Waals surface area (Å²) in [6, 6.07) is 10.8. The van der Waals surface area contributed by atoms with E-state index in [1.165, 1.54) is 23.4 Å². The lowest BCUT2D eigenvalue weighted by atomic mass is 9.91. The van der Waals surface area contributed by atoms with Gasteiger partial charge in [0.15, 0.2) is 0 Å². The van der Waals surface area contributed by atoms with E-state index in [2.05, 4.69) is 30.0 Å². The number of hydrogen-bond acceptors (Lipinski definition) is 3. The number of unbranched alkanes of at least 4 members (excludes halogenated alkanes) is 1. The fraction of sp³-hybridized carbons (Fsp3) is 0.536. The van der Waals surface area contributed by atoms with Crippen LogP contribution in [0.3, 0.4) is 0 Å². The molecule has 36 heavy (non-hydrogen) atoms. The van der Waals surface area contributed by atoms with Gasteiger partial charge in [-0.25, -0.2) is 0 Å². The van der Waals surface area contributed by atoms with E-state index in [0.717, 1.165) is 82.8 Å². The summed E-state index contributed by atoms with van der Waals surface area (Å²) < 4.78 is 43.8. The molecule has 0 saturated carbocycles. The van der Waals surface area contributed by atoms with Crippen LogP contribution < -0.4 is 4.90 Å². The van der Waals surface area contributed by atoms with Crippen LogP contribution in [0.2, 0.25) is 0 Å². The van der Waals surface area contributed by atoms with Gasteiger partial charge in [-0.2, -0.15) is 13.2 Å². The summed E-state index contributed by atoms with van der Waals surface area (Å²) in [6.07, 6.45) is 0.715. The maximum Gasteiger partial charge on any atom is 0.416 e. The molecule has 0 N–H and O–H groups in total. The Bertz CT molecular complexity index is 996. The molecule has 0 atom stereocenters. The average Bonchev–Trinajstić information content (AvgIpc) is 2.88. The van der Waals surface area contributed by atoms with E-state index in [1.54, 1.807) is 4.90 Å². The SMILES string of the molecule is Cc1cccc([N-]CCCCC2CCN(C(=O)c3ccc(C(F)(F)F)cc3)CC2)c1N1CCOCC1. The summed E-state index contributed by atoms with van der Waals surface area (Å²) in [6.45, 7) is 7.54. The number of rotatable bonds is 8. The molecule has 0 radical (unpaired) electrons. The number of amides is 1. The van der Waals surface area contributed by atoms with Crippen molar-refractivity contribution < 1.29 is 22.7 Å². The van der Waals surface area contributed by atoms with Crippen molar-refractivity contribution in [3.63, 3.8) is 0 Å². The Labute approximate surface area is 211 Å². The number of nitrogens with zero attached hydrogens (tertiary/aromatic N) is 3. The number of anilines is 1. The lowest BCUT2D eigenvalue weighted by Crippen LogP contribution is -2.38. The fourth-order valence-electron chi connectivity index (χ4n) is 5.12. The third-order valence-corrected chi connectivity index (χ3v) is 7.21. The van der Waals surface area contributed by atoms with Gasteiger partial charge in [-0.05, 0) is 55.5 Å². The van der Waals surface area contributed by atoms with Crippen LogP contribution in [0, 0.1) is 12.8 Å². The number of ether oxygens (including phenoxy) is 1. The number of piperidine rings is 1. The van der Waals surface area contributed by atoms with Crippen molar-refractivity contribution in [3.05, 3.63) is 64.5 Å². The Balaban J connectivity index is 1.17. The summed E-state index contributed by atoms with van der Waals surface area (Å²) in [5.74, 6) is 0.389. The van der Waals surface area contributed by atoms with Gasteiger partial charge < -0.3 is 19.9 Å². The number of benzene rings is 2. The molecule has 0 aromatic heterocycles. The Morgan fingerprint density at radius 3 is 2.36 bits per heavy atom. The molecule has 2 fully saturated rings. The van der Waals surface area contributed by atoms with Crippen molar-refractivity contribution in [1.29, 1.82) is 0 Å². The van der Waals surface area contributed by atoms with E-state index in [4.69, 9.17) is 10.1 Å². The predicted octanol–water partition coefficient (Wildman–Crippen LogP) is 6.58. The minimum atomic E-state index is -4.39. The number of likely N-dealkylation sites (tertiary alicyclic amines) is 1. The van der Waals surface area contributed by atoms with Gasteiger partial charge in [-0.3, -0.25) is 4.79 Å². The molecule has 0 bridgehead atoms. The highest BCUT2D eigenvalue weighted by molar-refractivity contribution is 5.94. The molecule has 0 aliphatic carbocycles. The van der Waals surface area contributed by atoms with Crippen LogP contribution in [0.1, 0.15) is 53.6 Å². The molecule has 2 aromatic rings. The first kappa shape index (κ1) is 26.3. The van der Waals surface area contributed by atoms with E-state index in [9.17, 15) is 18.0 Å². The van der Waals surface area contributed by atoms with Crippen molar-refractivity contribution >= 4 is 17.3 Å². The van der Waals surface area contributed by atoms with Gasteiger partial charge in [-0.1, -0.05) is 37.5 Å². The Kier molecular flexibility index (Phi) is 8.77. The molecule has 5 nitrogen and oxygen atoms in total. The lowest BCUT2D eigenvalue weighted by Gasteiger charge is -2.36. The molecule has 2 heterocycles. The summed E-state index contributed by atoms with van der Waals surface area (Å²) in [4.78, 5) is 16.8. The second kappa shape index (κ2) is 12.0. The standard InChI is InChI=1S/C28H35F3N3O2/c1-21-5-4-7-25(26(21)33-17-19-36-20-18-33)32-14-3-2-6-22-12-15-34(16-13-22)27(35)23-8-10-24(11-9-23)28(29,30)31/h4-5,7-11,22H,2-3,6,12-20H2,1H3/q-1. The molecular formula is C28H35F3N3O2-. The van der Waals surface area contributed by atoms with Gasteiger partial charge in [0, 0.05) is 37.4 Å². The number of aryl methyl sites for hydroxylation is 1. The molecule has 1 amide bonds. The van der Waals surface area contributed by atoms with E-state index < -0.39 is 11.7 Å². The van der Waals surface area contributed by atoms with Crippen LogP contribution in [-0.4, -0.2) is 56.7 Å². The highest BCUT2D eigenvalue weighted by atomic mass is 19.4. The van der Waals surface area contributed by atoms with Crippen molar-refractivity contribution in [3.8, 4) is 0 Å². The van der Waals surface area contributed by atoms with E-state index in [0.29, 0.717) is 24.6 Å². The zero-order valence-electron chi connectivity index (χ0n) is 20.9. The molecule has 0 spiro atoms. The first-order valence-electron chi connectivity index (χ1n) is 12.9. The van der Waals surface area contributed by atoms with Crippen LogP contribution in [-0.2, 0) is 10.9 Å². The minimum absolute atomic E-state index is 0.185. The largest absolute Gasteiger partial charge is 0.683 e. The molecular weight excluding hydrogens is 467 g/mol. The van der Waals surface area contributed by atoms with Crippen molar-refractivity contribution in [2.45, 2.75) is 45.2 Å². The number of para-hydroxylation sites is 1. The maximum absolute atomic E-state index is 12.8. The third kappa shape index (κ3) is 6.72. The highest BCUT2D eigenvalue weighted by Gasteiger charge is 2.31. The van der Waals surface area contributed by atoms with Crippen LogP contribution in [0.5, 0.6) is 0 Å². The predicted molar refractivity (Wildman–Crippen MR) is 136 cm³/mol. The third-order valence-electron chi connectivity index (χ3n) is 7.21. The summed E-state index contributed by atoms with van der Waals surface area (Å²) in [7, 11) is 0. The van der Waals surface area contributed by atoms with Crippen LogP contribution in [0.25, 0.3) is 5.32 Å². The molecule has 196 valence electrons. The fourth-order valence-corrected chi connectivity index (χ4v) is 5.12. The number of hydrogen-bond donors (Lipinski definition) is 0. The Morgan fingerprint density at radius 1 is 1.00 bits per heavy atom. The van der Waals surface area contributed by atoms with Gasteiger partial charge in [-0.15, -0.1) is 12.2 Å². The monoisotopic (exact) mass is 502 g/mol. The molecule has 2 saturated heterocycles. The molecule has 0 unspecified atom stereocenters. The number of carbonyl (C=O) groups is 1. The topological polar surface area (TPSA) is 46.9 Å². The number of alkyl halides is 3. The quantitative estimate of drug-likeness (QED) is 0.383. The van der Waals surface area contributed by atoms with Crippen LogP contribution >= 0.6 is 0 Å². The van der Waals surface area contributed by atoms with E-state index in [1.807, 2.05) is 0 Å². The number of halogens is 3. The first-order chi connectivity index (χ1) is 17.3. The molecule has 2 aliphatic heterocycles. The van der Waals surface area contributed by atoms with Gasteiger partial charge in [0.05, 0.1) is 18.8 Å². The highest BCUT2D eigenvalue weighted by Crippen LogP contribution is 2.36. The van der Waals surface area contributed by atoms with Gasteiger partial charge in [0.2, 0.25) is 0 Å². The Hall–Kier alpha value is -2.74. The van der Waals surface area contributed by atoms with Gasteiger partial charge in [0.1, 0.15) is 0 Å². The smallest absolute Gasteiger partial charge is 0.416 e. The molecule has 4 rings (SSSR count). The molecule has 2 aromatic carbocycles. The Morgan fingerprint density at radius 2 is 1.69 bits per heavy atom.